The molecule has 130 valence electrons. The highest BCUT2D eigenvalue weighted by Crippen LogP contribution is 2.35. The zero-order valence-electron chi connectivity index (χ0n) is 14.0. The third kappa shape index (κ3) is 3.12. The number of halogens is 1. The van der Waals surface area contributed by atoms with E-state index < -0.39 is 0 Å². The molecule has 25 heavy (non-hydrogen) atoms. The molecule has 2 aliphatic rings. The fraction of sp³-hybridized carbons (Fsp3) is 0.350. The lowest BCUT2D eigenvalue weighted by Crippen LogP contribution is -2.31. The number of hydrogen-bond donors (Lipinski definition) is 1. The number of nitrogens with one attached hydrogen (secondary N) is 1. The Morgan fingerprint density at radius 2 is 2.12 bits per heavy atom. The van der Waals surface area contributed by atoms with Crippen LogP contribution in [-0.2, 0) is 11.3 Å². The van der Waals surface area contributed by atoms with Crippen molar-refractivity contribution in [3.8, 4) is 0 Å². The topological polar surface area (TPSA) is 41.6 Å². The molecule has 2 heterocycles. The van der Waals surface area contributed by atoms with E-state index in [4.69, 9.17) is 4.74 Å². The van der Waals surface area contributed by atoms with Gasteiger partial charge in [0.05, 0.1) is 19.3 Å². The molecule has 2 aromatic carbocycles. The van der Waals surface area contributed by atoms with E-state index in [-0.39, 0.29) is 17.8 Å². The lowest BCUT2D eigenvalue weighted by Gasteiger charge is -2.26. The van der Waals surface area contributed by atoms with E-state index in [1.165, 1.54) is 6.07 Å². The van der Waals surface area contributed by atoms with Gasteiger partial charge in [-0.05, 0) is 37.1 Å². The van der Waals surface area contributed by atoms with Gasteiger partial charge in [-0.25, -0.2) is 4.39 Å². The second-order valence-corrected chi connectivity index (χ2v) is 6.53. The molecule has 1 saturated heterocycles. The normalized spacial score (nSPS) is 19.9. The Kier molecular flexibility index (Phi) is 4.40. The summed E-state index contributed by atoms with van der Waals surface area (Å²) in [6.45, 7) is 2.57. The summed E-state index contributed by atoms with van der Waals surface area (Å²) < 4.78 is 19.7. The van der Waals surface area contributed by atoms with Gasteiger partial charge in [0.2, 0.25) is 0 Å². The van der Waals surface area contributed by atoms with Crippen LogP contribution in [-0.4, -0.2) is 30.5 Å². The maximum absolute atomic E-state index is 14.2. The van der Waals surface area contributed by atoms with Crippen molar-refractivity contribution in [3.63, 3.8) is 0 Å². The molecule has 1 fully saturated rings. The second-order valence-electron chi connectivity index (χ2n) is 6.53. The van der Waals surface area contributed by atoms with Gasteiger partial charge >= 0.3 is 0 Å². The average molecular weight is 340 g/mol. The van der Waals surface area contributed by atoms with Gasteiger partial charge in [0.25, 0.3) is 5.91 Å². The quantitative estimate of drug-likeness (QED) is 0.905. The van der Waals surface area contributed by atoms with Crippen molar-refractivity contribution in [2.45, 2.75) is 25.5 Å². The minimum Gasteiger partial charge on any atom is -0.382 e. The third-order valence-electron chi connectivity index (χ3n) is 4.95. The van der Waals surface area contributed by atoms with Gasteiger partial charge in [-0.2, -0.15) is 0 Å². The van der Waals surface area contributed by atoms with Crippen LogP contribution in [0.15, 0.2) is 42.5 Å². The number of carbonyl (C=O) groups is 1. The summed E-state index contributed by atoms with van der Waals surface area (Å²) in [6, 6.07) is 12.2. The number of fused-ring (bicyclic) bond motifs is 1. The lowest BCUT2D eigenvalue weighted by molar-refractivity contribution is 0.0733. The SMILES string of the molecule is O=C(c1ccc2c(c1)COCCN2)N1CCCC1c1ccccc1F. The monoisotopic (exact) mass is 340 g/mol. The number of nitrogens with zero attached hydrogens (tertiary/aromatic N) is 1. The fourth-order valence-electron chi connectivity index (χ4n) is 3.70. The van der Waals surface area contributed by atoms with Crippen molar-refractivity contribution >= 4 is 11.6 Å². The second kappa shape index (κ2) is 6.84. The smallest absolute Gasteiger partial charge is 0.254 e. The van der Waals surface area contributed by atoms with E-state index in [1.807, 2.05) is 24.3 Å². The Labute approximate surface area is 146 Å². The standard InChI is InChI=1S/C20H21FN2O2/c21-17-5-2-1-4-16(17)19-6-3-10-23(19)20(24)14-7-8-18-15(12-14)13-25-11-9-22-18/h1-2,4-5,7-8,12,19,22H,3,6,9-11,13H2. The van der Waals surface area contributed by atoms with Crippen molar-refractivity contribution in [3.05, 3.63) is 65.0 Å². The fourth-order valence-corrected chi connectivity index (χ4v) is 3.70. The van der Waals surface area contributed by atoms with Gasteiger partial charge in [0.15, 0.2) is 0 Å². The number of amides is 1. The summed E-state index contributed by atoms with van der Waals surface area (Å²) in [5.74, 6) is -0.287. The van der Waals surface area contributed by atoms with Crippen LogP contribution in [0.3, 0.4) is 0 Å². The number of anilines is 1. The molecule has 4 nitrogen and oxygen atoms in total. The zero-order chi connectivity index (χ0) is 17.2. The van der Waals surface area contributed by atoms with Crippen LogP contribution in [0.25, 0.3) is 0 Å². The van der Waals surface area contributed by atoms with E-state index in [2.05, 4.69) is 5.32 Å². The highest BCUT2D eigenvalue weighted by atomic mass is 19.1. The number of benzene rings is 2. The Balaban J connectivity index is 1.62. The summed E-state index contributed by atoms with van der Waals surface area (Å²) >= 11 is 0. The van der Waals surface area contributed by atoms with Crippen molar-refractivity contribution in [1.82, 2.24) is 4.90 Å². The van der Waals surface area contributed by atoms with Gasteiger partial charge in [-0.3, -0.25) is 4.79 Å². The number of rotatable bonds is 2. The van der Waals surface area contributed by atoms with Crippen LogP contribution in [0.5, 0.6) is 0 Å². The molecule has 0 spiro atoms. The molecular weight excluding hydrogens is 319 g/mol. The van der Waals surface area contributed by atoms with Crippen LogP contribution in [0, 0.1) is 5.82 Å². The summed E-state index contributed by atoms with van der Waals surface area (Å²) in [5.41, 5.74) is 3.24. The summed E-state index contributed by atoms with van der Waals surface area (Å²) in [5, 5.41) is 3.30. The lowest BCUT2D eigenvalue weighted by atomic mass is 10.0. The van der Waals surface area contributed by atoms with E-state index >= 15 is 0 Å². The molecule has 1 unspecified atom stereocenters. The van der Waals surface area contributed by atoms with E-state index in [9.17, 15) is 9.18 Å². The van der Waals surface area contributed by atoms with Crippen molar-refractivity contribution < 1.29 is 13.9 Å². The largest absolute Gasteiger partial charge is 0.382 e. The first-order chi connectivity index (χ1) is 12.2. The maximum Gasteiger partial charge on any atom is 0.254 e. The molecular formula is C20H21FN2O2. The Morgan fingerprint density at radius 3 is 3.00 bits per heavy atom. The molecule has 1 N–H and O–H groups in total. The molecule has 4 rings (SSSR count). The first-order valence-electron chi connectivity index (χ1n) is 8.74. The molecule has 5 heteroatoms. The molecule has 1 atom stereocenters. The Bertz CT molecular complexity index is 793. The number of likely N-dealkylation sites (tertiary alicyclic amines) is 1. The summed E-state index contributed by atoms with van der Waals surface area (Å²) in [6.07, 6.45) is 1.68. The van der Waals surface area contributed by atoms with Crippen molar-refractivity contribution in [1.29, 1.82) is 0 Å². The van der Waals surface area contributed by atoms with Gasteiger partial charge in [0, 0.05) is 35.5 Å². The van der Waals surface area contributed by atoms with Crippen molar-refractivity contribution in [2.24, 2.45) is 0 Å². The van der Waals surface area contributed by atoms with E-state index in [0.717, 1.165) is 30.6 Å². The third-order valence-corrected chi connectivity index (χ3v) is 4.95. The molecule has 2 aromatic rings. The first kappa shape index (κ1) is 16.1. The van der Waals surface area contributed by atoms with Crippen LogP contribution < -0.4 is 5.32 Å². The Hall–Kier alpha value is -2.40. The van der Waals surface area contributed by atoms with Gasteiger partial charge in [-0.1, -0.05) is 18.2 Å². The van der Waals surface area contributed by atoms with Crippen LogP contribution in [0.2, 0.25) is 0 Å². The van der Waals surface area contributed by atoms with Crippen LogP contribution in [0.4, 0.5) is 10.1 Å². The molecule has 0 aliphatic carbocycles. The first-order valence-corrected chi connectivity index (χ1v) is 8.74. The zero-order valence-corrected chi connectivity index (χ0v) is 14.0. The highest BCUT2D eigenvalue weighted by Gasteiger charge is 2.32. The number of carbonyl (C=O) groups excluding carboxylic acids is 1. The highest BCUT2D eigenvalue weighted by molar-refractivity contribution is 5.95. The molecule has 0 bridgehead atoms. The van der Waals surface area contributed by atoms with Crippen LogP contribution in [0.1, 0.15) is 40.4 Å². The van der Waals surface area contributed by atoms with E-state index in [0.29, 0.717) is 30.9 Å². The average Bonchev–Trinajstić information content (AvgIpc) is 2.99. The molecule has 2 aliphatic heterocycles. The minimum atomic E-state index is -0.244. The summed E-state index contributed by atoms with van der Waals surface area (Å²) in [4.78, 5) is 14.9. The molecule has 1 amide bonds. The van der Waals surface area contributed by atoms with E-state index in [1.54, 1.807) is 17.0 Å². The van der Waals surface area contributed by atoms with Crippen LogP contribution >= 0.6 is 0 Å². The number of hydrogen-bond acceptors (Lipinski definition) is 3. The van der Waals surface area contributed by atoms with Gasteiger partial charge in [0.1, 0.15) is 5.82 Å². The summed E-state index contributed by atoms with van der Waals surface area (Å²) in [7, 11) is 0. The predicted molar refractivity (Wildman–Crippen MR) is 94.0 cm³/mol. The van der Waals surface area contributed by atoms with Crippen molar-refractivity contribution in [2.75, 3.05) is 25.0 Å². The van der Waals surface area contributed by atoms with Gasteiger partial charge in [-0.15, -0.1) is 0 Å². The van der Waals surface area contributed by atoms with Gasteiger partial charge < -0.3 is 15.0 Å². The molecule has 0 radical (unpaired) electrons. The maximum atomic E-state index is 14.2. The number of ether oxygens (including phenoxy) is 1. The predicted octanol–water partition coefficient (Wildman–Crippen LogP) is 3.75. The minimum absolute atomic E-state index is 0.0437. The Morgan fingerprint density at radius 1 is 1.24 bits per heavy atom. The molecule has 0 aromatic heterocycles. The molecule has 0 saturated carbocycles.